The summed E-state index contributed by atoms with van der Waals surface area (Å²) in [6.45, 7) is 0.406. The van der Waals surface area contributed by atoms with Gasteiger partial charge in [-0.2, -0.15) is 4.31 Å². The molecule has 0 aliphatic carbocycles. The maximum absolute atomic E-state index is 12.2. The first-order chi connectivity index (χ1) is 7.91. The number of anilines is 1. The Kier molecular flexibility index (Phi) is 3.39. The minimum absolute atomic E-state index is 0.0269. The number of aliphatic hydroxyl groups is 1. The molecule has 1 unspecified atom stereocenters. The summed E-state index contributed by atoms with van der Waals surface area (Å²) in [5.41, 5.74) is 5.58. The van der Waals surface area contributed by atoms with E-state index in [0.717, 1.165) is 0 Å². The van der Waals surface area contributed by atoms with Gasteiger partial charge in [0.15, 0.2) is 0 Å². The van der Waals surface area contributed by atoms with E-state index >= 15 is 0 Å². The molecule has 2 rings (SSSR count). The maximum Gasteiger partial charge on any atom is 0.246 e. The molecule has 0 saturated carbocycles. The highest BCUT2D eigenvalue weighted by Gasteiger charge is 2.33. The molecule has 1 aromatic rings. The normalized spacial score (nSPS) is 21.9. The maximum atomic E-state index is 12.2. The molecule has 0 amide bonds. The van der Waals surface area contributed by atoms with Gasteiger partial charge in [0, 0.05) is 23.8 Å². The van der Waals surface area contributed by atoms with Crippen LogP contribution in [0.1, 0.15) is 6.42 Å². The number of rotatable bonds is 2. The summed E-state index contributed by atoms with van der Waals surface area (Å²) in [6, 6.07) is 1.42. The van der Waals surface area contributed by atoms with Crippen molar-refractivity contribution in [2.24, 2.45) is 0 Å². The Bertz CT molecular complexity index is 534. The monoisotopic (exact) mass is 321 g/mol. The van der Waals surface area contributed by atoms with E-state index in [-0.39, 0.29) is 17.3 Å². The van der Waals surface area contributed by atoms with Gasteiger partial charge in [-0.3, -0.25) is 0 Å². The van der Waals surface area contributed by atoms with Crippen LogP contribution in [0.25, 0.3) is 0 Å². The van der Waals surface area contributed by atoms with Gasteiger partial charge in [-0.05, 0) is 28.4 Å². The van der Waals surface area contributed by atoms with Crippen LogP contribution in [-0.2, 0) is 10.0 Å². The summed E-state index contributed by atoms with van der Waals surface area (Å²) in [5, 5.41) is 9.37. The number of aromatic nitrogens is 1. The Morgan fingerprint density at radius 2 is 2.29 bits per heavy atom. The van der Waals surface area contributed by atoms with Crippen molar-refractivity contribution in [1.82, 2.24) is 9.29 Å². The predicted octanol–water partition coefficient (Wildman–Crippen LogP) is 0.182. The number of aliphatic hydroxyl groups excluding tert-OH is 1. The van der Waals surface area contributed by atoms with Crippen LogP contribution in [0.4, 0.5) is 5.82 Å². The van der Waals surface area contributed by atoms with E-state index in [1.165, 1.54) is 16.6 Å². The third-order valence-electron chi connectivity index (χ3n) is 2.59. The molecule has 0 bridgehead atoms. The number of halogens is 1. The SMILES string of the molecule is Nc1ncc(Br)cc1S(=O)(=O)N1CCC(O)C1. The van der Waals surface area contributed by atoms with Crippen molar-refractivity contribution in [3.63, 3.8) is 0 Å². The van der Waals surface area contributed by atoms with E-state index in [9.17, 15) is 13.5 Å². The zero-order valence-corrected chi connectivity index (χ0v) is 11.3. The van der Waals surface area contributed by atoms with Crippen molar-refractivity contribution in [2.45, 2.75) is 17.4 Å². The first-order valence-corrected chi connectivity index (χ1v) is 7.24. The van der Waals surface area contributed by atoms with Crippen molar-refractivity contribution >= 4 is 31.8 Å². The van der Waals surface area contributed by atoms with Gasteiger partial charge in [-0.25, -0.2) is 13.4 Å². The Morgan fingerprint density at radius 3 is 2.88 bits per heavy atom. The highest BCUT2D eigenvalue weighted by molar-refractivity contribution is 9.10. The molecule has 94 valence electrons. The van der Waals surface area contributed by atoms with Crippen LogP contribution in [-0.4, -0.2) is 42.0 Å². The zero-order chi connectivity index (χ0) is 12.6. The van der Waals surface area contributed by atoms with Crippen molar-refractivity contribution in [2.75, 3.05) is 18.8 Å². The van der Waals surface area contributed by atoms with Gasteiger partial charge in [0.05, 0.1) is 6.10 Å². The van der Waals surface area contributed by atoms with Crippen molar-refractivity contribution in [3.05, 3.63) is 16.7 Å². The summed E-state index contributed by atoms with van der Waals surface area (Å²) < 4.78 is 26.2. The number of β-amino-alcohol motifs (C(OH)–C–C–N with tert-alkyl or cyclic N) is 1. The quantitative estimate of drug-likeness (QED) is 0.810. The highest BCUT2D eigenvalue weighted by Crippen LogP contribution is 2.26. The molecule has 8 heteroatoms. The number of hydrogen-bond acceptors (Lipinski definition) is 5. The lowest BCUT2D eigenvalue weighted by Gasteiger charge is -2.16. The van der Waals surface area contributed by atoms with Gasteiger partial charge in [0.1, 0.15) is 10.7 Å². The molecule has 1 atom stereocenters. The van der Waals surface area contributed by atoms with Crippen LogP contribution in [0, 0.1) is 0 Å². The topological polar surface area (TPSA) is 96.5 Å². The third kappa shape index (κ3) is 2.44. The van der Waals surface area contributed by atoms with Crippen molar-refractivity contribution in [3.8, 4) is 0 Å². The van der Waals surface area contributed by atoms with Gasteiger partial charge in [0.2, 0.25) is 10.0 Å². The molecular formula is C9H12BrN3O3S. The Morgan fingerprint density at radius 1 is 1.59 bits per heavy atom. The smallest absolute Gasteiger partial charge is 0.246 e. The summed E-state index contributed by atoms with van der Waals surface area (Å²) in [6.07, 6.45) is 1.28. The number of nitrogens with two attached hydrogens (primary N) is 1. The molecule has 17 heavy (non-hydrogen) atoms. The summed E-state index contributed by atoms with van der Waals surface area (Å²) in [4.78, 5) is 3.77. The van der Waals surface area contributed by atoms with Crippen LogP contribution in [0.2, 0.25) is 0 Å². The minimum Gasteiger partial charge on any atom is -0.392 e. The molecule has 1 saturated heterocycles. The van der Waals surface area contributed by atoms with E-state index in [2.05, 4.69) is 20.9 Å². The number of pyridine rings is 1. The van der Waals surface area contributed by atoms with Gasteiger partial charge in [-0.1, -0.05) is 0 Å². The fourth-order valence-corrected chi connectivity index (χ4v) is 3.77. The molecule has 2 heterocycles. The Labute approximate surface area is 108 Å². The molecule has 6 nitrogen and oxygen atoms in total. The lowest BCUT2D eigenvalue weighted by molar-refractivity contribution is 0.189. The van der Waals surface area contributed by atoms with E-state index in [4.69, 9.17) is 5.73 Å². The number of hydrogen-bond donors (Lipinski definition) is 2. The average molecular weight is 322 g/mol. The largest absolute Gasteiger partial charge is 0.392 e. The molecular weight excluding hydrogens is 310 g/mol. The zero-order valence-electron chi connectivity index (χ0n) is 8.88. The van der Waals surface area contributed by atoms with Crippen LogP contribution < -0.4 is 5.73 Å². The van der Waals surface area contributed by atoms with Crippen molar-refractivity contribution in [1.29, 1.82) is 0 Å². The second kappa shape index (κ2) is 4.52. The lowest BCUT2D eigenvalue weighted by atomic mass is 10.3. The number of nitrogen functional groups attached to an aromatic ring is 1. The predicted molar refractivity (Wildman–Crippen MR) is 65.7 cm³/mol. The Hall–Kier alpha value is -0.700. The first kappa shape index (κ1) is 12.7. The average Bonchev–Trinajstić information content (AvgIpc) is 2.69. The van der Waals surface area contributed by atoms with Gasteiger partial charge < -0.3 is 10.8 Å². The van der Waals surface area contributed by atoms with Crippen LogP contribution in [0.15, 0.2) is 21.6 Å². The fraction of sp³-hybridized carbons (Fsp3) is 0.444. The van der Waals surface area contributed by atoms with Gasteiger partial charge in [-0.15, -0.1) is 0 Å². The van der Waals surface area contributed by atoms with Gasteiger partial charge in [0.25, 0.3) is 0 Å². The number of sulfonamides is 1. The minimum atomic E-state index is -3.67. The molecule has 3 N–H and O–H groups in total. The molecule has 1 aliphatic rings. The third-order valence-corrected chi connectivity index (χ3v) is 4.92. The molecule has 1 aliphatic heterocycles. The van der Waals surface area contributed by atoms with E-state index in [0.29, 0.717) is 17.4 Å². The molecule has 0 aromatic carbocycles. The van der Waals surface area contributed by atoms with Crippen LogP contribution in [0.5, 0.6) is 0 Å². The highest BCUT2D eigenvalue weighted by atomic mass is 79.9. The molecule has 1 fully saturated rings. The second-order valence-corrected chi connectivity index (χ2v) is 6.66. The fourth-order valence-electron chi connectivity index (χ4n) is 1.71. The second-order valence-electron chi connectivity index (χ2n) is 3.84. The number of nitrogens with zero attached hydrogens (tertiary/aromatic N) is 2. The lowest BCUT2D eigenvalue weighted by Crippen LogP contribution is -2.30. The standard InChI is InChI=1S/C9H12BrN3O3S/c10-6-3-8(9(11)12-4-6)17(15,16)13-2-1-7(14)5-13/h3-4,7,14H,1-2,5H2,(H2,11,12). The van der Waals surface area contributed by atoms with Crippen LogP contribution >= 0.6 is 15.9 Å². The van der Waals surface area contributed by atoms with E-state index in [1.54, 1.807) is 0 Å². The van der Waals surface area contributed by atoms with E-state index < -0.39 is 16.1 Å². The van der Waals surface area contributed by atoms with Crippen LogP contribution in [0.3, 0.4) is 0 Å². The van der Waals surface area contributed by atoms with Crippen molar-refractivity contribution < 1.29 is 13.5 Å². The summed E-state index contributed by atoms with van der Waals surface area (Å²) >= 11 is 3.16. The Balaban J connectivity index is 2.41. The summed E-state index contributed by atoms with van der Waals surface area (Å²) in [7, 11) is -3.67. The summed E-state index contributed by atoms with van der Waals surface area (Å²) in [5.74, 6) is -0.0328. The molecule has 0 spiro atoms. The first-order valence-electron chi connectivity index (χ1n) is 5.00. The molecule has 1 aromatic heterocycles. The molecule has 0 radical (unpaired) electrons. The van der Waals surface area contributed by atoms with E-state index in [1.807, 2.05) is 0 Å². The van der Waals surface area contributed by atoms with Gasteiger partial charge >= 0.3 is 0 Å².